The highest BCUT2D eigenvalue weighted by atomic mass is 32.2. The Kier molecular flexibility index (Phi) is 10.0. The summed E-state index contributed by atoms with van der Waals surface area (Å²) in [5.41, 5.74) is 1.64. The number of amides is 1. The second-order valence-corrected chi connectivity index (χ2v) is 10.7. The summed E-state index contributed by atoms with van der Waals surface area (Å²) in [4.78, 5) is 13.8. The fourth-order valence-electron chi connectivity index (χ4n) is 4.13. The quantitative estimate of drug-likeness (QED) is 0.349. The number of carboxylic acid groups (broad SMARTS) is 1. The SMILES string of the molecule is CCCCN(C[C@@H](O)C(Cc1ccccc1)N(Cc1ccccc1)C(=O)O)S(=O)(=O)c1ccccc1. The molecule has 3 rings (SSSR count). The molecule has 0 spiro atoms. The van der Waals surface area contributed by atoms with Gasteiger partial charge in [-0.2, -0.15) is 4.31 Å². The highest BCUT2D eigenvalue weighted by Crippen LogP contribution is 2.21. The molecular formula is C28H34N2O5S. The number of carbonyl (C=O) groups is 1. The monoisotopic (exact) mass is 510 g/mol. The van der Waals surface area contributed by atoms with Gasteiger partial charge in [-0.3, -0.25) is 4.90 Å². The van der Waals surface area contributed by atoms with E-state index in [1.807, 2.05) is 67.6 Å². The molecule has 0 bridgehead atoms. The lowest BCUT2D eigenvalue weighted by Crippen LogP contribution is -2.52. The molecule has 0 aromatic heterocycles. The lowest BCUT2D eigenvalue weighted by molar-refractivity contribution is 0.0346. The van der Waals surface area contributed by atoms with E-state index in [-0.39, 0.29) is 31.0 Å². The second-order valence-electron chi connectivity index (χ2n) is 8.75. The summed E-state index contributed by atoms with van der Waals surface area (Å²) in [6, 6.07) is 25.8. The molecule has 2 N–H and O–H groups in total. The molecule has 1 unspecified atom stereocenters. The Morgan fingerprint density at radius 1 is 0.861 bits per heavy atom. The van der Waals surface area contributed by atoms with Crippen molar-refractivity contribution >= 4 is 16.1 Å². The zero-order valence-electron chi connectivity index (χ0n) is 20.5. The standard InChI is InChI=1S/C28H34N2O5S/c1-2-3-19-29(36(34,35)25-17-11-6-12-18-25)22-27(31)26(20-23-13-7-4-8-14-23)30(28(32)33)21-24-15-9-5-10-16-24/h4-18,26-27,31H,2-3,19-22H2,1H3,(H,32,33)/t26?,27-/m1/s1. The van der Waals surface area contributed by atoms with E-state index < -0.39 is 28.3 Å². The van der Waals surface area contributed by atoms with Crippen molar-refractivity contribution in [2.45, 2.75) is 49.8 Å². The number of hydrogen-bond donors (Lipinski definition) is 2. The third-order valence-electron chi connectivity index (χ3n) is 6.11. The molecule has 0 radical (unpaired) electrons. The number of aliphatic hydroxyl groups is 1. The van der Waals surface area contributed by atoms with Crippen LogP contribution >= 0.6 is 0 Å². The van der Waals surface area contributed by atoms with E-state index in [9.17, 15) is 23.4 Å². The maximum Gasteiger partial charge on any atom is 0.407 e. The summed E-state index contributed by atoms with van der Waals surface area (Å²) in [5, 5.41) is 21.6. The number of sulfonamides is 1. The summed E-state index contributed by atoms with van der Waals surface area (Å²) in [5.74, 6) is 0. The lowest BCUT2D eigenvalue weighted by atomic mass is 9.99. The zero-order chi connectivity index (χ0) is 26.0. The predicted octanol–water partition coefficient (Wildman–Crippen LogP) is 4.63. The Labute approximate surface area is 213 Å². The van der Waals surface area contributed by atoms with Crippen LogP contribution in [0.15, 0.2) is 95.9 Å². The van der Waals surface area contributed by atoms with Gasteiger partial charge in [0, 0.05) is 19.6 Å². The topological polar surface area (TPSA) is 98.2 Å². The van der Waals surface area contributed by atoms with Crippen LogP contribution in [0.1, 0.15) is 30.9 Å². The van der Waals surface area contributed by atoms with Gasteiger partial charge in [0.25, 0.3) is 0 Å². The average molecular weight is 511 g/mol. The van der Waals surface area contributed by atoms with Crippen LogP contribution in [0.4, 0.5) is 4.79 Å². The fourth-order valence-corrected chi connectivity index (χ4v) is 5.65. The third-order valence-corrected chi connectivity index (χ3v) is 7.99. The summed E-state index contributed by atoms with van der Waals surface area (Å²) >= 11 is 0. The van der Waals surface area contributed by atoms with Gasteiger partial charge in [-0.1, -0.05) is 92.2 Å². The summed E-state index contributed by atoms with van der Waals surface area (Å²) in [7, 11) is -3.87. The molecule has 8 heteroatoms. The number of hydrogen-bond acceptors (Lipinski definition) is 4. The van der Waals surface area contributed by atoms with Gasteiger partial charge in [0.1, 0.15) is 0 Å². The Balaban J connectivity index is 1.94. The van der Waals surface area contributed by atoms with Crippen LogP contribution in [0.3, 0.4) is 0 Å². The number of nitrogens with zero attached hydrogens (tertiary/aromatic N) is 2. The van der Waals surface area contributed by atoms with E-state index in [0.717, 1.165) is 17.5 Å². The van der Waals surface area contributed by atoms with Gasteiger partial charge in [-0.05, 0) is 36.1 Å². The van der Waals surface area contributed by atoms with Crippen LogP contribution in [0, 0.1) is 0 Å². The third kappa shape index (κ3) is 7.40. The summed E-state index contributed by atoms with van der Waals surface area (Å²) in [6.07, 6.45) is -0.784. The fraction of sp³-hybridized carbons (Fsp3) is 0.321. The molecule has 0 aliphatic rings. The molecule has 0 saturated carbocycles. The van der Waals surface area contributed by atoms with Gasteiger partial charge in [0.05, 0.1) is 17.0 Å². The minimum Gasteiger partial charge on any atom is -0.465 e. The molecule has 0 aliphatic carbocycles. The van der Waals surface area contributed by atoms with E-state index >= 15 is 0 Å². The predicted molar refractivity (Wildman–Crippen MR) is 140 cm³/mol. The number of unbranched alkanes of at least 4 members (excludes halogenated alkanes) is 1. The second kappa shape index (κ2) is 13.2. The van der Waals surface area contributed by atoms with Crippen molar-refractivity contribution in [3.05, 3.63) is 102 Å². The molecule has 7 nitrogen and oxygen atoms in total. The number of benzene rings is 3. The Bertz CT molecular complexity index is 1170. The molecule has 3 aromatic carbocycles. The summed E-state index contributed by atoms with van der Waals surface area (Å²) < 4.78 is 28.1. The van der Waals surface area contributed by atoms with E-state index in [1.54, 1.807) is 18.2 Å². The van der Waals surface area contributed by atoms with E-state index in [4.69, 9.17) is 0 Å². The van der Waals surface area contributed by atoms with Gasteiger partial charge in [0.2, 0.25) is 10.0 Å². The van der Waals surface area contributed by atoms with E-state index in [2.05, 4.69) is 0 Å². The van der Waals surface area contributed by atoms with Gasteiger partial charge >= 0.3 is 6.09 Å². The van der Waals surface area contributed by atoms with E-state index in [0.29, 0.717) is 6.42 Å². The number of aliphatic hydroxyl groups excluding tert-OH is 1. The van der Waals surface area contributed by atoms with Gasteiger partial charge in [-0.25, -0.2) is 13.2 Å². The highest BCUT2D eigenvalue weighted by Gasteiger charge is 2.34. The highest BCUT2D eigenvalue weighted by molar-refractivity contribution is 7.89. The normalized spacial score (nSPS) is 13.3. The first kappa shape index (κ1) is 27.4. The minimum atomic E-state index is -3.87. The number of rotatable bonds is 13. The van der Waals surface area contributed by atoms with Crippen LogP contribution in [-0.2, 0) is 23.0 Å². The van der Waals surface area contributed by atoms with Crippen LogP contribution < -0.4 is 0 Å². The van der Waals surface area contributed by atoms with Gasteiger partial charge < -0.3 is 10.2 Å². The van der Waals surface area contributed by atoms with Gasteiger partial charge in [-0.15, -0.1) is 0 Å². The minimum absolute atomic E-state index is 0.0745. The van der Waals surface area contributed by atoms with Crippen molar-refractivity contribution in [3.63, 3.8) is 0 Å². The zero-order valence-corrected chi connectivity index (χ0v) is 21.3. The first-order chi connectivity index (χ1) is 17.3. The molecular weight excluding hydrogens is 476 g/mol. The first-order valence-electron chi connectivity index (χ1n) is 12.1. The molecule has 0 saturated heterocycles. The Morgan fingerprint density at radius 2 is 1.39 bits per heavy atom. The smallest absolute Gasteiger partial charge is 0.407 e. The van der Waals surface area contributed by atoms with Crippen LogP contribution in [0.5, 0.6) is 0 Å². The van der Waals surface area contributed by atoms with Crippen molar-refractivity contribution in [2.75, 3.05) is 13.1 Å². The largest absolute Gasteiger partial charge is 0.465 e. The van der Waals surface area contributed by atoms with Crippen molar-refractivity contribution in [3.8, 4) is 0 Å². The molecule has 3 aromatic rings. The van der Waals surface area contributed by atoms with Crippen LogP contribution in [0.2, 0.25) is 0 Å². The van der Waals surface area contributed by atoms with Crippen molar-refractivity contribution in [2.24, 2.45) is 0 Å². The van der Waals surface area contributed by atoms with Crippen LogP contribution in [0.25, 0.3) is 0 Å². The van der Waals surface area contributed by atoms with Crippen LogP contribution in [-0.4, -0.2) is 59.2 Å². The molecule has 36 heavy (non-hydrogen) atoms. The molecule has 1 amide bonds. The van der Waals surface area contributed by atoms with Gasteiger partial charge in [0.15, 0.2) is 0 Å². The molecule has 0 aliphatic heterocycles. The molecule has 2 atom stereocenters. The summed E-state index contributed by atoms with van der Waals surface area (Å²) in [6.45, 7) is 2.06. The van der Waals surface area contributed by atoms with Crippen molar-refractivity contribution < 1.29 is 23.4 Å². The lowest BCUT2D eigenvalue weighted by Gasteiger charge is -2.35. The average Bonchev–Trinajstić information content (AvgIpc) is 2.90. The molecule has 192 valence electrons. The van der Waals surface area contributed by atoms with Crippen molar-refractivity contribution in [1.29, 1.82) is 0 Å². The van der Waals surface area contributed by atoms with E-state index in [1.165, 1.54) is 21.3 Å². The molecule has 0 heterocycles. The maximum atomic E-state index is 13.4. The molecule has 0 fully saturated rings. The van der Waals surface area contributed by atoms with Crippen molar-refractivity contribution in [1.82, 2.24) is 9.21 Å². The Hall–Kier alpha value is -3.20. The Morgan fingerprint density at radius 3 is 1.92 bits per heavy atom. The maximum absolute atomic E-state index is 13.4. The first-order valence-corrected chi connectivity index (χ1v) is 13.6.